The molecule has 17 heteroatoms. The molecule has 5 amide bonds. The fraction of sp³-hybridized carbons (Fsp3) is 0.824. The number of nitrogens with one attached hydrogen (secondary N) is 5. The molecule has 0 aliphatic carbocycles. The van der Waals surface area contributed by atoms with Crippen LogP contribution in [0.2, 0.25) is 0 Å². The Bertz CT molecular complexity index is 1050. The summed E-state index contributed by atoms with van der Waals surface area (Å²) in [4.78, 5) is 69.3. The van der Waals surface area contributed by atoms with Gasteiger partial charge in [-0.25, -0.2) is 0 Å². The number of carboxylic acid groups (broad SMARTS) is 1. The second-order valence-corrected chi connectivity index (χ2v) is 13.0. The number of hydrogen-bond donors (Lipinski definition) is 10. The number of carboxylic acids is 1. The summed E-state index contributed by atoms with van der Waals surface area (Å²) in [7, 11) is 0. The molecule has 0 aromatic heterocycles. The van der Waals surface area contributed by atoms with Crippen LogP contribution >= 0.6 is 0 Å². The molecule has 0 bridgehead atoms. The number of unbranched alkanes of at least 4 members (excludes halogenated alkanes) is 15. The van der Waals surface area contributed by atoms with Crippen molar-refractivity contribution >= 4 is 35.5 Å². The van der Waals surface area contributed by atoms with E-state index in [1.165, 1.54) is 51.4 Å². The van der Waals surface area contributed by atoms with Crippen LogP contribution in [-0.4, -0.2) is 124 Å². The highest BCUT2D eigenvalue weighted by atomic mass is 16.6. The van der Waals surface area contributed by atoms with Crippen LogP contribution in [0.15, 0.2) is 0 Å². The van der Waals surface area contributed by atoms with Crippen molar-refractivity contribution in [1.29, 1.82) is 0 Å². The maximum absolute atomic E-state index is 12.2. The second kappa shape index (κ2) is 28.2. The van der Waals surface area contributed by atoms with Gasteiger partial charge < -0.3 is 56.9 Å². The first kappa shape index (κ1) is 45.6. The highest BCUT2D eigenvalue weighted by molar-refractivity contribution is 5.90. The molecule has 1 aliphatic rings. The number of aliphatic hydroxyl groups excluding tert-OH is 4. The Morgan fingerprint density at radius 2 is 0.804 bits per heavy atom. The summed E-state index contributed by atoms with van der Waals surface area (Å²) in [6.45, 7) is -2.15. The second-order valence-electron chi connectivity index (χ2n) is 13.0. The van der Waals surface area contributed by atoms with E-state index in [1.807, 2.05) is 0 Å². The Kier molecular flexibility index (Phi) is 25.3. The third kappa shape index (κ3) is 22.9. The van der Waals surface area contributed by atoms with Crippen molar-refractivity contribution in [1.82, 2.24) is 26.6 Å². The number of carbonyl (C=O) groups is 6. The maximum atomic E-state index is 12.2. The van der Waals surface area contributed by atoms with Gasteiger partial charge in [0.2, 0.25) is 29.5 Å². The first-order valence-corrected chi connectivity index (χ1v) is 18.3. The van der Waals surface area contributed by atoms with Gasteiger partial charge in [-0.3, -0.25) is 28.8 Å². The minimum atomic E-state index is -1.51. The first-order valence-electron chi connectivity index (χ1n) is 18.3. The van der Waals surface area contributed by atoms with E-state index >= 15 is 0 Å². The molecule has 0 aromatic rings. The Morgan fingerprint density at radius 1 is 0.451 bits per heavy atom. The SMILES string of the molecule is O=C(O)CNC(=O)CNC(=O)CNC(=O)CNC(=O)CCCCCCCCCCCCCCCCCCC(=O)N[C@@H]1O[C@H](CO)[C@@H](O)[C@H](O)[C@H]1O. The molecule has 1 saturated heterocycles. The monoisotopic (exact) mass is 731 g/mol. The largest absolute Gasteiger partial charge is 0.480 e. The number of carbonyl (C=O) groups excluding carboxylic acids is 5. The first-order chi connectivity index (χ1) is 24.4. The average molecular weight is 732 g/mol. The zero-order valence-corrected chi connectivity index (χ0v) is 29.7. The van der Waals surface area contributed by atoms with Gasteiger partial charge in [0.25, 0.3) is 0 Å². The summed E-state index contributed by atoms with van der Waals surface area (Å²) in [5, 5.41) is 59.1. The lowest BCUT2D eigenvalue weighted by Gasteiger charge is -2.40. The van der Waals surface area contributed by atoms with E-state index < -0.39 is 74.0 Å². The molecule has 10 N–H and O–H groups in total. The zero-order chi connectivity index (χ0) is 37.9. The maximum Gasteiger partial charge on any atom is 0.322 e. The van der Waals surface area contributed by atoms with E-state index in [4.69, 9.17) is 9.84 Å². The lowest BCUT2D eigenvalue weighted by Crippen LogP contribution is -2.63. The van der Waals surface area contributed by atoms with Crippen molar-refractivity contribution in [3.05, 3.63) is 0 Å². The zero-order valence-electron chi connectivity index (χ0n) is 29.7. The molecule has 1 rings (SSSR count). The van der Waals surface area contributed by atoms with Gasteiger partial charge in [-0.15, -0.1) is 0 Å². The average Bonchev–Trinajstić information content (AvgIpc) is 3.10. The lowest BCUT2D eigenvalue weighted by atomic mass is 9.98. The number of amides is 5. The third-order valence-corrected chi connectivity index (χ3v) is 8.53. The van der Waals surface area contributed by atoms with E-state index in [-0.39, 0.29) is 31.3 Å². The quantitative estimate of drug-likeness (QED) is 0.0435. The van der Waals surface area contributed by atoms with Gasteiger partial charge in [0.05, 0.1) is 26.2 Å². The summed E-state index contributed by atoms with van der Waals surface area (Å²) < 4.78 is 5.30. The van der Waals surface area contributed by atoms with Crippen molar-refractivity contribution < 1.29 is 59.0 Å². The number of ether oxygens (including phenoxy) is 1. The van der Waals surface area contributed by atoms with Crippen LogP contribution in [0.1, 0.15) is 116 Å². The number of rotatable bonds is 29. The molecule has 0 spiro atoms. The van der Waals surface area contributed by atoms with Crippen LogP contribution in [0.5, 0.6) is 0 Å². The number of aliphatic carboxylic acids is 1. The topological polar surface area (TPSA) is 273 Å². The molecule has 0 saturated carbocycles. The van der Waals surface area contributed by atoms with E-state index in [2.05, 4.69) is 26.6 Å². The van der Waals surface area contributed by atoms with Gasteiger partial charge in [-0.2, -0.15) is 0 Å². The van der Waals surface area contributed by atoms with Crippen LogP contribution in [-0.2, 0) is 33.5 Å². The van der Waals surface area contributed by atoms with Crippen molar-refractivity contribution in [2.45, 2.75) is 146 Å². The molecule has 0 aromatic carbocycles. The van der Waals surface area contributed by atoms with Gasteiger partial charge >= 0.3 is 5.97 Å². The smallest absolute Gasteiger partial charge is 0.322 e. The summed E-state index contributed by atoms with van der Waals surface area (Å²) in [5.74, 6) is -3.59. The summed E-state index contributed by atoms with van der Waals surface area (Å²) in [6.07, 6.45) is 11.2. The third-order valence-electron chi connectivity index (χ3n) is 8.53. The summed E-state index contributed by atoms with van der Waals surface area (Å²) >= 11 is 0. The van der Waals surface area contributed by atoms with Gasteiger partial charge in [0.1, 0.15) is 31.0 Å². The minimum Gasteiger partial charge on any atom is -0.480 e. The predicted molar refractivity (Wildman–Crippen MR) is 185 cm³/mol. The number of aliphatic hydroxyl groups is 4. The van der Waals surface area contributed by atoms with E-state index in [1.54, 1.807) is 0 Å². The van der Waals surface area contributed by atoms with Crippen LogP contribution in [0.25, 0.3) is 0 Å². The molecule has 1 fully saturated rings. The molecule has 294 valence electrons. The van der Waals surface area contributed by atoms with Gasteiger partial charge in [-0.1, -0.05) is 89.9 Å². The van der Waals surface area contributed by atoms with Crippen molar-refractivity contribution in [3.63, 3.8) is 0 Å². The van der Waals surface area contributed by atoms with Gasteiger partial charge in [0, 0.05) is 12.8 Å². The highest BCUT2D eigenvalue weighted by Crippen LogP contribution is 2.20. The van der Waals surface area contributed by atoms with E-state index in [9.17, 15) is 49.2 Å². The lowest BCUT2D eigenvalue weighted by molar-refractivity contribution is -0.236. The Morgan fingerprint density at radius 3 is 1.20 bits per heavy atom. The molecule has 0 radical (unpaired) electrons. The molecule has 0 unspecified atom stereocenters. The van der Waals surface area contributed by atoms with Crippen molar-refractivity contribution in [3.8, 4) is 0 Å². The fourth-order valence-corrected chi connectivity index (χ4v) is 5.48. The minimum absolute atomic E-state index is 0.234. The van der Waals surface area contributed by atoms with Crippen LogP contribution < -0.4 is 26.6 Å². The molecular formula is C34H61N5O12. The Labute approximate surface area is 300 Å². The summed E-state index contributed by atoms with van der Waals surface area (Å²) in [6, 6.07) is 0. The molecule has 1 aliphatic heterocycles. The normalized spacial score (nSPS) is 19.9. The highest BCUT2D eigenvalue weighted by Gasteiger charge is 2.43. The standard InChI is InChI=1S/C34H61N5O12/c40-23-24-31(48)32(49)33(50)34(51-24)39-26(42)18-16-14-12-10-8-6-4-2-1-3-5-7-9-11-13-15-17-25(41)35-19-27(43)36-20-28(44)37-21-29(45)38-22-30(46)47/h24,31-34,40,48-50H,1-23H2,(H,35,41)(H,36,43)(H,37,44)(H,38,45)(H,39,42)(H,46,47)/t24-,31-,32+,33-,34-/m1/s1. The van der Waals surface area contributed by atoms with Crippen LogP contribution in [0.4, 0.5) is 0 Å². The van der Waals surface area contributed by atoms with E-state index in [0.29, 0.717) is 12.8 Å². The number of hydrogen-bond acceptors (Lipinski definition) is 11. The van der Waals surface area contributed by atoms with Gasteiger partial charge in [0.15, 0.2) is 6.23 Å². The Hall–Kier alpha value is -3.38. The van der Waals surface area contributed by atoms with Crippen molar-refractivity contribution in [2.75, 3.05) is 32.8 Å². The molecule has 1 heterocycles. The van der Waals surface area contributed by atoms with Gasteiger partial charge in [-0.05, 0) is 12.8 Å². The predicted octanol–water partition coefficient (Wildman–Crippen LogP) is -0.526. The Balaban J connectivity index is 1.86. The van der Waals surface area contributed by atoms with Crippen LogP contribution in [0, 0.1) is 0 Å². The summed E-state index contributed by atoms with van der Waals surface area (Å²) in [5.41, 5.74) is 0. The molecule has 5 atom stereocenters. The van der Waals surface area contributed by atoms with E-state index in [0.717, 1.165) is 44.9 Å². The molecule has 51 heavy (non-hydrogen) atoms. The molecular weight excluding hydrogens is 670 g/mol. The van der Waals surface area contributed by atoms with Crippen molar-refractivity contribution in [2.24, 2.45) is 0 Å². The molecule has 17 nitrogen and oxygen atoms in total. The van der Waals surface area contributed by atoms with Crippen LogP contribution in [0.3, 0.4) is 0 Å². The fourth-order valence-electron chi connectivity index (χ4n) is 5.48.